The highest BCUT2D eigenvalue weighted by Gasteiger charge is 2.32. The highest BCUT2D eigenvalue weighted by Crippen LogP contribution is 2.18. The Labute approximate surface area is 149 Å². The van der Waals surface area contributed by atoms with E-state index in [4.69, 9.17) is 4.74 Å². The van der Waals surface area contributed by atoms with E-state index < -0.39 is 5.60 Å². The SMILES string of the molecule is O=C(OCc1ccccc1)N1CCCN(C[C@]2(O)CCCNC2)CC1. The Hall–Kier alpha value is -1.63. The zero-order valence-corrected chi connectivity index (χ0v) is 14.8. The van der Waals surface area contributed by atoms with Crippen molar-refractivity contribution in [1.29, 1.82) is 0 Å². The first-order valence-electron chi connectivity index (χ1n) is 9.26. The van der Waals surface area contributed by atoms with Crippen LogP contribution < -0.4 is 5.32 Å². The molecule has 6 nitrogen and oxygen atoms in total. The molecule has 2 aliphatic heterocycles. The summed E-state index contributed by atoms with van der Waals surface area (Å²) in [6.45, 7) is 5.68. The van der Waals surface area contributed by atoms with Crippen LogP contribution in [0.3, 0.4) is 0 Å². The average molecular weight is 347 g/mol. The number of carbonyl (C=O) groups excluding carboxylic acids is 1. The Morgan fingerprint density at radius 2 is 2.00 bits per heavy atom. The van der Waals surface area contributed by atoms with Gasteiger partial charge in [0.25, 0.3) is 0 Å². The first-order valence-corrected chi connectivity index (χ1v) is 9.26. The van der Waals surface area contributed by atoms with Gasteiger partial charge in [0.15, 0.2) is 0 Å². The fraction of sp³-hybridized carbons (Fsp3) is 0.632. The number of aliphatic hydroxyl groups is 1. The lowest BCUT2D eigenvalue weighted by atomic mass is 9.93. The second-order valence-electron chi connectivity index (χ2n) is 7.16. The fourth-order valence-electron chi connectivity index (χ4n) is 3.63. The largest absolute Gasteiger partial charge is 0.445 e. The Morgan fingerprint density at radius 3 is 2.76 bits per heavy atom. The van der Waals surface area contributed by atoms with E-state index in [1.165, 1.54) is 0 Å². The van der Waals surface area contributed by atoms with Crippen LogP contribution in [0.25, 0.3) is 0 Å². The first kappa shape index (κ1) is 18.2. The number of β-amino-alcohol motifs (C(OH)–C–C–N with tert-alkyl or cyclic N) is 1. The maximum absolute atomic E-state index is 12.3. The van der Waals surface area contributed by atoms with Gasteiger partial charge in [0.1, 0.15) is 6.61 Å². The molecule has 0 radical (unpaired) electrons. The summed E-state index contributed by atoms with van der Waals surface area (Å²) in [5.74, 6) is 0. The van der Waals surface area contributed by atoms with E-state index in [-0.39, 0.29) is 6.09 Å². The number of rotatable bonds is 4. The van der Waals surface area contributed by atoms with E-state index in [1.54, 1.807) is 4.90 Å². The molecular formula is C19H29N3O3. The Balaban J connectivity index is 1.45. The molecule has 1 atom stereocenters. The molecule has 3 rings (SSSR count). The van der Waals surface area contributed by atoms with Crippen molar-refractivity contribution in [2.75, 3.05) is 45.8 Å². The maximum Gasteiger partial charge on any atom is 0.410 e. The summed E-state index contributed by atoms with van der Waals surface area (Å²) in [6, 6.07) is 9.74. The monoisotopic (exact) mass is 347 g/mol. The van der Waals surface area contributed by atoms with Gasteiger partial charge in [-0.2, -0.15) is 0 Å². The molecule has 0 unspecified atom stereocenters. The molecular weight excluding hydrogens is 318 g/mol. The number of benzene rings is 1. The van der Waals surface area contributed by atoms with Crippen LogP contribution in [0.1, 0.15) is 24.8 Å². The van der Waals surface area contributed by atoms with E-state index in [9.17, 15) is 9.90 Å². The average Bonchev–Trinajstić information content (AvgIpc) is 2.86. The minimum absolute atomic E-state index is 0.247. The third kappa shape index (κ3) is 5.42. The van der Waals surface area contributed by atoms with Crippen LogP contribution in [0.2, 0.25) is 0 Å². The Kier molecular flexibility index (Phi) is 6.29. The summed E-state index contributed by atoms with van der Waals surface area (Å²) < 4.78 is 5.44. The van der Waals surface area contributed by atoms with Crippen LogP contribution >= 0.6 is 0 Å². The molecule has 1 aromatic rings. The van der Waals surface area contributed by atoms with Gasteiger partial charge in [0.05, 0.1) is 5.60 Å². The van der Waals surface area contributed by atoms with Crippen molar-refractivity contribution < 1.29 is 14.6 Å². The van der Waals surface area contributed by atoms with E-state index >= 15 is 0 Å². The molecule has 6 heteroatoms. The Morgan fingerprint density at radius 1 is 1.16 bits per heavy atom. The standard InChI is InChI=1S/C19H29N3O3/c23-18(25-14-17-6-2-1-3-7-17)22-11-5-10-21(12-13-22)16-19(24)8-4-9-20-15-19/h1-3,6-7,20,24H,4-5,8-16H2/t19-/m0/s1. The van der Waals surface area contributed by atoms with Crippen LogP contribution in [0, 0.1) is 0 Å². The van der Waals surface area contributed by atoms with Crippen molar-refractivity contribution in [3.63, 3.8) is 0 Å². The minimum atomic E-state index is -0.638. The molecule has 0 aliphatic carbocycles. The number of amides is 1. The highest BCUT2D eigenvalue weighted by molar-refractivity contribution is 5.67. The molecule has 2 saturated heterocycles. The molecule has 0 aromatic heterocycles. The smallest absolute Gasteiger partial charge is 0.410 e. The molecule has 25 heavy (non-hydrogen) atoms. The van der Waals surface area contributed by atoms with Gasteiger partial charge in [-0.3, -0.25) is 4.90 Å². The van der Waals surface area contributed by atoms with E-state index in [1.807, 2.05) is 30.3 Å². The molecule has 2 fully saturated rings. The summed E-state index contributed by atoms with van der Waals surface area (Å²) in [5.41, 5.74) is 0.362. The molecule has 0 bridgehead atoms. The predicted molar refractivity (Wildman–Crippen MR) is 96.3 cm³/mol. The number of hydrogen-bond donors (Lipinski definition) is 2. The first-order chi connectivity index (χ1) is 12.1. The fourth-order valence-corrected chi connectivity index (χ4v) is 3.63. The molecule has 138 valence electrons. The van der Waals surface area contributed by atoms with Crippen molar-refractivity contribution >= 4 is 6.09 Å². The van der Waals surface area contributed by atoms with Crippen LogP contribution in [-0.4, -0.2) is 72.4 Å². The second kappa shape index (κ2) is 8.65. The van der Waals surface area contributed by atoms with Gasteiger partial charge in [0, 0.05) is 39.3 Å². The molecule has 0 spiro atoms. The number of carbonyl (C=O) groups is 1. The molecule has 2 N–H and O–H groups in total. The number of ether oxygens (including phenoxy) is 1. The van der Waals surface area contributed by atoms with Crippen molar-refractivity contribution in [1.82, 2.24) is 15.1 Å². The molecule has 1 amide bonds. The molecule has 2 heterocycles. The van der Waals surface area contributed by atoms with E-state index in [0.29, 0.717) is 32.8 Å². The van der Waals surface area contributed by atoms with Crippen molar-refractivity contribution in [2.24, 2.45) is 0 Å². The normalized spacial score (nSPS) is 25.4. The number of hydrogen-bond acceptors (Lipinski definition) is 5. The number of nitrogens with zero attached hydrogens (tertiary/aromatic N) is 2. The van der Waals surface area contributed by atoms with Gasteiger partial charge < -0.3 is 20.1 Å². The zero-order chi connectivity index (χ0) is 17.5. The van der Waals surface area contributed by atoms with E-state index in [0.717, 1.165) is 44.5 Å². The summed E-state index contributed by atoms with van der Waals surface area (Å²) in [4.78, 5) is 16.4. The van der Waals surface area contributed by atoms with Gasteiger partial charge in [0.2, 0.25) is 0 Å². The third-order valence-electron chi connectivity index (χ3n) is 5.02. The Bertz CT molecular complexity index is 546. The van der Waals surface area contributed by atoms with Crippen LogP contribution in [0.5, 0.6) is 0 Å². The number of nitrogens with one attached hydrogen (secondary N) is 1. The summed E-state index contributed by atoms with van der Waals surface area (Å²) >= 11 is 0. The van der Waals surface area contributed by atoms with Gasteiger partial charge in [-0.1, -0.05) is 30.3 Å². The number of piperidine rings is 1. The van der Waals surface area contributed by atoms with Crippen LogP contribution in [0.4, 0.5) is 4.79 Å². The molecule has 1 aromatic carbocycles. The topological polar surface area (TPSA) is 65.0 Å². The van der Waals surface area contributed by atoms with Gasteiger partial charge in [-0.25, -0.2) is 4.79 Å². The lowest BCUT2D eigenvalue weighted by Gasteiger charge is -2.37. The van der Waals surface area contributed by atoms with Crippen molar-refractivity contribution in [3.8, 4) is 0 Å². The quantitative estimate of drug-likeness (QED) is 0.863. The molecule has 2 aliphatic rings. The summed E-state index contributed by atoms with van der Waals surface area (Å²) in [6.07, 6.45) is 2.52. The van der Waals surface area contributed by atoms with Crippen molar-refractivity contribution in [3.05, 3.63) is 35.9 Å². The zero-order valence-electron chi connectivity index (χ0n) is 14.8. The van der Waals surface area contributed by atoms with Gasteiger partial charge >= 0.3 is 6.09 Å². The second-order valence-corrected chi connectivity index (χ2v) is 7.16. The molecule has 0 saturated carbocycles. The van der Waals surface area contributed by atoms with Gasteiger partial charge in [-0.15, -0.1) is 0 Å². The van der Waals surface area contributed by atoms with Crippen molar-refractivity contribution in [2.45, 2.75) is 31.5 Å². The van der Waals surface area contributed by atoms with Gasteiger partial charge in [-0.05, 0) is 31.4 Å². The van der Waals surface area contributed by atoms with Crippen LogP contribution in [0.15, 0.2) is 30.3 Å². The summed E-state index contributed by atoms with van der Waals surface area (Å²) in [7, 11) is 0. The lowest BCUT2D eigenvalue weighted by molar-refractivity contribution is -0.0144. The maximum atomic E-state index is 12.3. The highest BCUT2D eigenvalue weighted by atomic mass is 16.6. The third-order valence-corrected chi connectivity index (χ3v) is 5.02. The van der Waals surface area contributed by atoms with Crippen LogP contribution in [-0.2, 0) is 11.3 Å². The minimum Gasteiger partial charge on any atom is -0.445 e. The summed E-state index contributed by atoms with van der Waals surface area (Å²) in [5, 5.41) is 14.0. The predicted octanol–water partition coefficient (Wildman–Crippen LogP) is 1.45. The van der Waals surface area contributed by atoms with E-state index in [2.05, 4.69) is 10.2 Å². The lowest BCUT2D eigenvalue weighted by Crippen LogP contribution is -2.53.